The minimum absolute atomic E-state index is 0.000294. The summed E-state index contributed by atoms with van der Waals surface area (Å²) in [5.41, 5.74) is 2.37. The van der Waals surface area contributed by atoms with Gasteiger partial charge in [0.1, 0.15) is 23.1 Å². The van der Waals surface area contributed by atoms with Crippen LogP contribution in [0.15, 0.2) is 46.9 Å². The highest BCUT2D eigenvalue weighted by molar-refractivity contribution is 5.73. The molecule has 0 radical (unpaired) electrons. The molecule has 5 nitrogen and oxygen atoms in total. The van der Waals surface area contributed by atoms with E-state index in [1.54, 1.807) is 0 Å². The molecule has 2 atom stereocenters. The topological polar surface area (TPSA) is 64.7 Å². The molecule has 2 unspecified atom stereocenters. The molecule has 1 heterocycles. The van der Waals surface area contributed by atoms with Crippen LogP contribution in [-0.4, -0.2) is 22.8 Å². The summed E-state index contributed by atoms with van der Waals surface area (Å²) in [6.07, 6.45) is 4.61. The number of ether oxygens (including phenoxy) is 2. The Morgan fingerprint density at radius 3 is 2.70 bits per heavy atom. The van der Waals surface area contributed by atoms with Crippen molar-refractivity contribution in [2.45, 2.75) is 44.3 Å². The molecule has 2 aliphatic carbocycles. The van der Waals surface area contributed by atoms with Crippen molar-refractivity contribution >= 4 is 11.1 Å². The second-order valence-electron chi connectivity index (χ2n) is 7.58. The summed E-state index contributed by atoms with van der Waals surface area (Å²) in [6.45, 7) is 0.800. The summed E-state index contributed by atoms with van der Waals surface area (Å²) in [7, 11) is 0. The maximum Gasteiger partial charge on any atom is 0.202 e. The molecule has 5 heteroatoms. The smallest absolute Gasteiger partial charge is 0.202 e. The van der Waals surface area contributed by atoms with E-state index in [1.807, 2.05) is 42.5 Å². The van der Waals surface area contributed by atoms with E-state index >= 15 is 0 Å². The van der Waals surface area contributed by atoms with E-state index in [2.05, 4.69) is 4.98 Å². The lowest BCUT2D eigenvalue weighted by atomic mass is 9.81. The Kier molecular flexibility index (Phi) is 4.24. The van der Waals surface area contributed by atoms with Crippen LogP contribution in [0.2, 0.25) is 0 Å². The molecule has 140 valence electrons. The summed E-state index contributed by atoms with van der Waals surface area (Å²) >= 11 is 0. The minimum Gasteiger partial charge on any atom is -0.493 e. The molecule has 0 aliphatic heterocycles. The molecule has 0 bridgehead atoms. The normalized spacial score (nSPS) is 21.8. The molecule has 2 saturated carbocycles. The maximum atomic E-state index is 9.28. The zero-order chi connectivity index (χ0) is 18.2. The summed E-state index contributed by atoms with van der Waals surface area (Å²) < 4.78 is 18.0. The van der Waals surface area contributed by atoms with Gasteiger partial charge in [-0.25, -0.2) is 4.98 Å². The van der Waals surface area contributed by atoms with Gasteiger partial charge in [0.25, 0.3) is 0 Å². The van der Waals surface area contributed by atoms with Gasteiger partial charge < -0.3 is 19.0 Å². The van der Waals surface area contributed by atoms with E-state index in [0.717, 1.165) is 59.4 Å². The third kappa shape index (κ3) is 3.52. The highest BCUT2D eigenvalue weighted by Gasteiger charge is 2.38. The van der Waals surface area contributed by atoms with Gasteiger partial charge in [-0.2, -0.15) is 0 Å². The Morgan fingerprint density at radius 2 is 1.93 bits per heavy atom. The number of aliphatic hydroxyl groups is 1. The first kappa shape index (κ1) is 16.6. The van der Waals surface area contributed by atoms with E-state index in [9.17, 15) is 5.11 Å². The van der Waals surface area contributed by atoms with Gasteiger partial charge in [-0.1, -0.05) is 12.1 Å². The highest BCUT2D eigenvalue weighted by atomic mass is 16.5. The van der Waals surface area contributed by atoms with E-state index in [0.29, 0.717) is 0 Å². The first-order valence-corrected chi connectivity index (χ1v) is 9.68. The molecule has 0 amide bonds. The molecule has 2 aromatic carbocycles. The fourth-order valence-electron chi connectivity index (χ4n) is 3.45. The molecule has 27 heavy (non-hydrogen) atoms. The van der Waals surface area contributed by atoms with Gasteiger partial charge in [0.05, 0.1) is 19.1 Å². The van der Waals surface area contributed by atoms with Gasteiger partial charge in [-0.3, -0.25) is 0 Å². The molecule has 2 aliphatic rings. The largest absolute Gasteiger partial charge is 0.493 e. The van der Waals surface area contributed by atoms with Crippen molar-refractivity contribution in [1.29, 1.82) is 0 Å². The van der Waals surface area contributed by atoms with E-state index in [-0.39, 0.29) is 18.6 Å². The van der Waals surface area contributed by atoms with E-state index in [4.69, 9.17) is 13.9 Å². The Labute approximate surface area is 157 Å². The van der Waals surface area contributed by atoms with Crippen molar-refractivity contribution in [1.82, 2.24) is 4.98 Å². The number of oxazole rings is 1. The van der Waals surface area contributed by atoms with E-state index in [1.165, 1.54) is 12.8 Å². The number of hydrogen-bond acceptors (Lipinski definition) is 5. The van der Waals surface area contributed by atoms with Crippen molar-refractivity contribution in [2.24, 2.45) is 5.92 Å². The van der Waals surface area contributed by atoms with Crippen LogP contribution in [0.5, 0.6) is 11.5 Å². The van der Waals surface area contributed by atoms with Crippen LogP contribution in [0.1, 0.15) is 43.1 Å². The zero-order valence-corrected chi connectivity index (χ0v) is 15.1. The lowest BCUT2D eigenvalue weighted by Crippen LogP contribution is -2.34. The molecular weight excluding hydrogens is 342 g/mol. The van der Waals surface area contributed by atoms with Crippen molar-refractivity contribution in [3.63, 3.8) is 0 Å². The van der Waals surface area contributed by atoms with Crippen LogP contribution in [0.25, 0.3) is 11.1 Å². The van der Waals surface area contributed by atoms with Gasteiger partial charge in [0.15, 0.2) is 5.58 Å². The molecule has 0 spiro atoms. The SMILES string of the molecule is OCc1ccc2nc(C3CCC3Oc3cccc(OCC4CC4)c3)oc2c1. The predicted molar refractivity (Wildman–Crippen MR) is 101 cm³/mol. The highest BCUT2D eigenvalue weighted by Crippen LogP contribution is 2.40. The number of aromatic nitrogens is 1. The summed E-state index contributed by atoms with van der Waals surface area (Å²) in [6, 6.07) is 13.5. The van der Waals surface area contributed by atoms with Crippen LogP contribution in [0.4, 0.5) is 0 Å². The maximum absolute atomic E-state index is 9.28. The predicted octanol–water partition coefficient (Wildman–Crippen LogP) is 4.43. The third-order valence-electron chi connectivity index (χ3n) is 5.46. The zero-order valence-electron chi connectivity index (χ0n) is 15.1. The van der Waals surface area contributed by atoms with Crippen LogP contribution < -0.4 is 9.47 Å². The number of benzene rings is 2. The Hall–Kier alpha value is -2.53. The summed E-state index contributed by atoms with van der Waals surface area (Å²) in [5.74, 6) is 3.31. The summed E-state index contributed by atoms with van der Waals surface area (Å²) in [5, 5.41) is 9.28. The first-order chi connectivity index (χ1) is 13.3. The van der Waals surface area contributed by atoms with Gasteiger partial charge in [-0.05, 0) is 61.4 Å². The third-order valence-corrected chi connectivity index (χ3v) is 5.46. The van der Waals surface area contributed by atoms with Gasteiger partial charge in [0.2, 0.25) is 5.89 Å². The number of nitrogens with zero attached hydrogens (tertiary/aromatic N) is 1. The molecule has 0 saturated heterocycles. The molecule has 2 fully saturated rings. The van der Waals surface area contributed by atoms with Gasteiger partial charge >= 0.3 is 0 Å². The molecule has 5 rings (SSSR count). The van der Waals surface area contributed by atoms with Gasteiger partial charge in [-0.15, -0.1) is 0 Å². The lowest BCUT2D eigenvalue weighted by molar-refractivity contribution is 0.0769. The quantitative estimate of drug-likeness (QED) is 0.671. The minimum atomic E-state index is 0.000294. The second kappa shape index (κ2) is 6.89. The number of hydrogen-bond donors (Lipinski definition) is 1. The van der Waals surface area contributed by atoms with Crippen molar-refractivity contribution < 1.29 is 19.0 Å². The fraction of sp³-hybridized carbons (Fsp3) is 0.409. The molecule has 3 aromatic rings. The van der Waals surface area contributed by atoms with Crippen molar-refractivity contribution in [2.75, 3.05) is 6.61 Å². The Balaban J connectivity index is 1.28. The Bertz CT molecular complexity index is 946. The lowest BCUT2D eigenvalue weighted by Gasteiger charge is -2.34. The molecule has 1 aromatic heterocycles. The molecular formula is C22H23NO4. The second-order valence-corrected chi connectivity index (χ2v) is 7.58. The Morgan fingerprint density at radius 1 is 1.04 bits per heavy atom. The summed E-state index contributed by atoms with van der Waals surface area (Å²) in [4.78, 5) is 4.62. The van der Waals surface area contributed by atoms with E-state index < -0.39 is 0 Å². The monoisotopic (exact) mass is 365 g/mol. The average molecular weight is 365 g/mol. The molecule has 1 N–H and O–H groups in total. The van der Waals surface area contributed by atoms with Gasteiger partial charge in [0, 0.05) is 6.07 Å². The fourth-order valence-corrected chi connectivity index (χ4v) is 3.45. The standard InChI is InChI=1S/C22H23NO4/c24-12-15-6-8-19-21(10-15)27-22(23-19)18-7-9-20(18)26-17-3-1-2-16(11-17)25-13-14-4-5-14/h1-3,6,8,10-11,14,18,20,24H,4-5,7,9,12-13H2. The first-order valence-electron chi connectivity index (χ1n) is 9.68. The van der Waals surface area contributed by atoms with Crippen LogP contribution in [-0.2, 0) is 6.61 Å². The van der Waals surface area contributed by atoms with Crippen LogP contribution >= 0.6 is 0 Å². The number of rotatable bonds is 7. The number of aliphatic hydroxyl groups excluding tert-OH is 1. The van der Waals surface area contributed by atoms with Crippen molar-refractivity contribution in [3.05, 3.63) is 53.9 Å². The van der Waals surface area contributed by atoms with Crippen LogP contribution in [0, 0.1) is 5.92 Å². The van der Waals surface area contributed by atoms with Crippen LogP contribution in [0.3, 0.4) is 0 Å². The average Bonchev–Trinajstić information content (AvgIpc) is 3.42. The van der Waals surface area contributed by atoms with Crippen molar-refractivity contribution in [3.8, 4) is 11.5 Å². The number of fused-ring (bicyclic) bond motifs is 1.